The Hall–Kier alpha value is -7.54. The van der Waals surface area contributed by atoms with Crippen LogP contribution in [0.25, 0.3) is 60.9 Å². The molecule has 1 aromatic heterocycles. The smallest absolute Gasteiger partial charge is 0.268 e. The molecule has 8 aromatic rings. The predicted molar refractivity (Wildman–Crippen MR) is 204 cm³/mol. The van der Waals surface area contributed by atoms with Crippen molar-refractivity contribution in [3.05, 3.63) is 180 Å². The van der Waals surface area contributed by atoms with Crippen LogP contribution in [0.2, 0.25) is 0 Å². The van der Waals surface area contributed by atoms with Gasteiger partial charge < -0.3 is 4.57 Å². The molecule has 0 bridgehead atoms. The molecule has 2 amide bonds. The summed E-state index contributed by atoms with van der Waals surface area (Å²) in [4.78, 5) is 31.3. The van der Waals surface area contributed by atoms with Gasteiger partial charge in [0.25, 0.3) is 11.8 Å². The largest absolute Gasteiger partial charge is 0.308 e. The van der Waals surface area contributed by atoms with E-state index >= 15 is 4.79 Å². The fraction of sp³-hybridized carbons (Fsp3) is 0. The highest BCUT2D eigenvalue weighted by Gasteiger charge is 2.42. The van der Waals surface area contributed by atoms with Gasteiger partial charge in [-0.3, -0.25) is 9.59 Å². The maximum Gasteiger partial charge on any atom is 0.268 e. The first-order chi connectivity index (χ1) is 25.6. The molecule has 6 heteroatoms. The molecule has 2 heterocycles. The fourth-order valence-corrected chi connectivity index (χ4v) is 7.56. The number of nitrogens with zero attached hydrogens (tertiary/aromatic N) is 4. The minimum Gasteiger partial charge on any atom is -0.308 e. The van der Waals surface area contributed by atoms with Gasteiger partial charge in [0.2, 0.25) is 0 Å². The number of hydrogen-bond donors (Lipinski definition) is 0. The molecular formula is C46H26N4O2. The molecule has 0 fully saturated rings. The lowest BCUT2D eigenvalue weighted by molar-refractivity contribution is 0.0926. The second-order valence-electron chi connectivity index (χ2n) is 12.6. The summed E-state index contributed by atoms with van der Waals surface area (Å²) >= 11 is 0. The molecule has 9 rings (SSSR count). The number of anilines is 1. The Balaban J connectivity index is 1.33. The van der Waals surface area contributed by atoms with E-state index in [-0.39, 0.29) is 11.1 Å². The average Bonchev–Trinajstić information content (AvgIpc) is 3.69. The molecule has 0 saturated heterocycles. The molecule has 0 aliphatic carbocycles. The van der Waals surface area contributed by atoms with Crippen molar-refractivity contribution in [1.29, 1.82) is 10.5 Å². The molecule has 1 aliphatic heterocycles. The van der Waals surface area contributed by atoms with Crippen molar-refractivity contribution in [3.63, 3.8) is 0 Å². The van der Waals surface area contributed by atoms with E-state index in [2.05, 4.69) is 24.3 Å². The number of rotatable bonds is 5. The summed E-state index contributed by atoms with van der Waals surface area (Å²) in [6.45, 7) is 0. The Morgan fingerprint density at radius 2 is 0.923 bits per heavy atom. The maximum atomic E-state index is 15.2. The van der Waals surface area contributed by atoms with E-state index in [4.69, 9.17) is 0 Å². The Morgan fingerprint density at radius 1 is 0.442 bits per heavy atom. The number of hydrogen-bond acceptors (Lipinski definition) is 4. The first-order valence-corrected chi connectivity index (χ1v) is 16.8. The van der Waals surface area contributed by atoms with Gasteiger partial charge in [-0.2, -0.15) is 10.5 Å². The zero-order valence-electron chi connectivity index (χ0n) is 27.6. The number of amides is 2. The number of fused-ring (bicyclic) bond motifs is 4. The number of carbonyl (C=O) groups is 2. The molecule has 0 atom stereocenters. The molecule has 52 heavy (non-hydrogen) atoms. The van der Waals surface area contributed by atoms with Gasteiger partial charge >= 0.3 is 0 Å². The maximum absolute atomic E-state index is 15.2. The van der Waals surface area contributed by atoms with Crippen LogP contribution in [-0.2, 0) is 0 Å². The van der Waals surface area contributed by atoms with Crippen LogP contribution in [0.3, 0.4) is 0 Å². The van der Waals surface area contributed by atoms with Crippen molar-refractivity contribution in [3.8, 4) is 51.2 Å². The third-order valence-electron chi connectivity index (χ3n) is 9.80. The van der Waals surface area contributed by atoms with Gasteiger partial charge in [-0.15, -0.1) is 0 Å². The summed E-state index contributed by atoms with van der Waals surface area (Å²) in [5.41, 5.74) is 8.82. The van der Waals surface area contributed by atoms with E-state index < -0.39 is 11.8 Å². The van der Waals surface area contributed by atoms with E-state index in [1.54, 1.807) is 36.4 Å². The van der Waals surface area contributed by atoms with Crippen LogP contribution in [0, 0.1) is 22.7 Å². The Kier molecular flexibility index (Phi) is 7.10. The van der Waals surface area contributed by atoms with Crippen molar-refractivity contribution >= 4 is 39.3 Å². The van der Waals surface area contributed by atoms with Crippen LogP contribution in [0.1, 0.15) is 31.8 Å². The van der Waals surface area contributed by atoms with Gasteiger partial charge in [-0.05, 0) is 70.8 Å². The van der Waals surface area contributed by atoms with Crippen molar-refractivity contribution in [2.24, 2.45) is 0 Å². The van der Waals surface area contributed by atoms with Crippen LogP contribution < -0.4 is 4.90 Å². The zero-order valence-corrected chi connectivity index (χ0v) is 27.6. The number of carbonyl (C=O) groups excluding carboxylic acids is 2. The lowest BCUT2D eigenvalue weighted by Crippen LogP contribution is -2.30. The molecular weight excluding hydrogens is 641 g/mol. The second-order valence-corrected chi connectivity index (χ2v) is 12.6. The standard InChI is InChI=1S/C46H26N4O2/c47-27-32-19-10-22-38-41(32)42-33(28-48)20-11-23-39(42)49(38)40-24-12-21-35-43(40)46(52)50(45(35)51)44-36(30-15-6-2-7-16-30)25-34(29-13-4-1-5-14-29)26-37(44)31-17-8-3-9-18-31/h1-26H. The normalized spacial score (nSPS) is 12.2. The van der Waals surface area contributed by atoms with E-state index in [1.807, 2.05) is 114 Å². The fourth-order valence-electron chi connectivity index (χ4n) is 7.56. The van der Waals surface area contributed by atoms with E-state index in [1.165, 1.54) is 4.90 Å². The van der Waals surface area contributed by atoms with Crippen LogP contribution in [0.5, 0.6) is 0 Å². The molecule has 6 nitrogen and oxygen atoms in total. The summed E-state index contributed by atoms with van der Waals surface area (Å²) in [5.74, 6) is -0.889. The van der Waals surface area contributed by atoms with E-state index in [0.29, 0.717) is 44.3 Å². The minimum absolute atomic E-state index is 0.251. The van der Waals surface area contributed by atoms with Crippen LogP contribution in [0.15, 0.2) is 158 Å². The van der Waals surface area contributed by atoms with Gasteiger partial charge in [-0.1, -0.05) is 109 Å². The number of imide groups is 1. The van der Waals surface area contributed by atoms with Gasteiger partial charge in [0, 0.05) is 21.9 Å². The number of benzene rings is 7. The van der Waals surface area contributed by atoms with Gasteiger partial charge in [-0.25, -0.2) is 4.90 Å². The van der Waals surface area contributed by atoms with E-state index in [9.17, 15) is 15.3 Å². The highest BCUT2D eigenvalue weighted by molar-refractivity contribution is 6.37. The van der Waals surface area contributed by atoms with Crippen molar-refractivity contribution in [2.45, 2.75) is 0 Å². The third kappa shape index (κ3) is 4.56. The van der Waals surface area contributed by atoms with Crippen LogP contribution in [-0.4, -0.2) is 16.4 Å². The summed E-state index contributed by atoms with van der Waals surface area (Å²) in [6, 6.07) is 54.4. The summed E-state index contributed by atoms with van der Waals surface area (Å²) in [5, 5.41) is 21.5. The first-order valence-electron chi connectivity index (χ1n) is 16.8. The molecule has 1 aliphatic rings. The van der Waals surface area contributed by atoms with Crippen molar-refractivity contribution in [2.75, 3.05) is 4.90 Å². The summed E-state index contributed by atoms with van der Waals surface area (Å²) in [6.07, 6.45) is 0. The molecule has 0 radical (unpaired) electrons. The van der Waals surface area contributed by atoms with Crippen molar-refractivity contribution in [1.82, 2.24) is 4.57 Å². The Labute approximate surface area is 299 Å². The highest BCUT2D eigenvalue weighted by atomic mass is 16.2. The summed E-state index contributed by atoms with van der Waals surface area (Å²) in [7, 11) is 0. The lowest BCUT2D eigenvalue weighted by Gasteiger charge is -2.24. The molecule has 242 valence electrons. The minimum atomic E-state index is -0.458. The highest BCUT2D eigenvalue weighted by Crippen LogP contribution is 2.47. The average molecular weight is 667 g/mol. The Bertz CT molecular complexity index is 2710. The van der Waals surface area contributed by atoms with Crippen molar-refractivity contribution < 1.29 is 9.59 Å². The van der Waals surface area contributed by atoms with Crippen LogP contribution >= 0.6 is 0 Å². The first kappa shape index (κ1) is 30.5. The van der Waals surface area contributed by atoms with E-state index in [0.717, 1.165) is 33.4 Å². The topological polar surface area (TPSA) is 89.9 Å². The monoisotopic (exact) mass is 666 g/mol. The van der Waals surface area contributed by atoms with Gasteiger partial charge in [0.15, 0.2) is 0 Å². The van der Waals surface area contributed by atoms with Crippen LogP contribution in [0.4, 0.5) is 5.69 Å². The summed E-state index contributed by atoms with van der Waals surface area (Å²) < 4.78 is 1.90. The van der Waals surface area contributed by atoms with Gasteiger partial charge in [0.1, 0.15) is 0 Å². The molecule has 7 aromatic carbocycles. The molecule has 0 unspecified atom stereocenters. The second kappa shape index (κ2) is 12.1. The zero-order chi connectivity index (χ0) is 35.3. The Morgan fingerprint density at radius 3 is 1.42 bits per heavy atom. The SMILES string of the molecule is N#Cc1cccc2c1c1c(C#N)cccc1n2-c1cccc2c1C(=O)N(c1c(-c3ccccc3)cc(-c3ccccc3)cc1-c1ccccc1)C2=O. The molecule has 0 spiro atoms. The predicted octanol–water partition coefficient (Wildman–Crippen LogP) is 10.3. The number of nitriles is 2. The number of aromatic nitrogens is 1. The third-order valence-corrected chi connectivity index (χ3v) is 9.80. The lowest BCUT2D eigenvalue weighted by atomic mass is 9.90. The van der Waals surface area contributed by atoms with Gasteiger partial charge in [0.05, 0.1) is 56.8 Å². The molecule has 0 saturated carbocycles. The quantitative estimate of drug-likeness (QED) is 0.171. The molecule has 0 N–H and O–H groups in total.